The molecule has 0 bridgehead atoms. The highest BCUT2D eigenvalue weighted by Crippen LogP contribution is 2.30. The van der Waals surface area contributed by atoms with Crippen LogP contribution in [0.3, 0.4) is 0 Å². The van der Waals surface area contributed by atoms with Gasteiger partial charge in [-0.3, -0.25) is 4.79 Å². The van der Waals surface area contributed by atoms with Crippen molar-refractivity contribution in [2.75, 3.05) is 23.8 Å². The largest absolute Gasteiger partial charge is 0.396 e. The van der Waals surface area contributed by atoms with E-state index in [0.29, 0.717) is 24.8 Å². The first-order chi connectivity index (χ1) is 8.24. The molecule has 1 heterocycles. The van der Waals surface area contributed by atoms with Crippen molar-refractivity contribution < 1.29 is 5.11 Å². The predicted octanol–water partition coefficient (Wildman–Crippen LogP) is 0.0934. The monoisotopic (exact) mass is 238 g/mol. The van der Waals surface area contributed by atoms with Crippen LogP contribution in [-0.2, 0) is 0 Å². The third kappa shape index (κ3) is 2.41. The first-order valence-corrected chi connectivity index (χ1v) is 5.94. The molecule has 6 heteroatoms. The van der Waals surface area contributed by atoms with Gasteiger partial charge in [-0.2, -0.15) is 0 Å². The molecule has 1 saturated carbocycles. The van der Waals surface area contributed by atoms with Gasteiger partial charge in [0.2, 0.25) is 0 Å². The van der Waals surface area contributed by atoms with Crippen molar-refractivity contribution in [2.24, 2.45) is 0 Å². The summed E-state index contributed by atoms with van der Waals surface area (Å²) in [6.07, 6.45) is 5.42. The molecular formula is C11H18N4O2. The van der Waals surface area contributed by atoms with Gasteiger partial charge in [0.05, 0.1) is 6.33 Å². The molecule has 17 heavy (non-hydrogen) atoms. The summed E-state index contributed by atoms with van der Waals surface area (Å²) < 4.78 is 0. The van der Waals surface area contributed by atoms with Crippen molar-refractivity contribution in [3.63, 3.8) is 0 Å². The Labute approximate surface area is 99.5 Å². The van der Waals surface area contributed by atoms with E-state index in [1.165, 1.54) is 12.7 Å². The zero-order chi connectivity index (χ0) is 12.3. The zero-order valence-corrected chi connectivity index (χ0v) is 9.72. The van der Waals surface area contributed by atoms with Crippen molar-refractivity contribution >= 4 is 11.5 Å². The zero-order valence-electron chi connectivity index (χ0n) is 9.72. The summed E-state index contributed by atoms with van der Waals surface area (Å²) in [5, 5.41) is 8.91. The number of nitrogens with two attached hydrogens (primary N) is 1. The second-order valence-electron chi connectivity index (χ2n) is 4.32. The van der Waals surface area contributed by atoms with Crippen LogP contribution >= 0.6 is 0 Å². The molecule has 0 aromatic carbocycles. The number of aromatic nitrogens is 2. The Balaban J connectivity index is 2.24. The van der Waals surface area contributed by atoms with E-state index < -0.39 is 0 Å². The molecule has 0 spiro atoms. The van der Waals surface area contributed by atoms with Crippen LogP contribution in [0.15, 0.2) is 11.1 Å². The maximum atomic E-state index is 11.5. The molecule has 0 saturated heterocycles. The lowest BCUT2D eigenvalue weighted by atomic mass is 9.91. The summed E-state index contributed by atoms with van der Waals surface area (Å²) >= 11 is 0. The van der Waals surface area contributed by atoms with Gasteiger partial charge in [-0.15, -0.1) is 0 Å². The fourth-order valence-electron chi connectivity index (χ4n) is 2.03. The van der Waals surface area contributed by atoms with Gasteiger partial charge in [0.15, 0.2) is 5.82 Å². The fourth-order valence-corrected chi connectivity index (χ4v) is 2.03. The van der Waals surface area contributed by atoms with Crippen molar-refractivity contribution in [1.29, 1.82) is 0 Å². The van der Waals surface area contributed by atoms with E-state index in [1.54, 1.807) is 0 Å². The Hall–Kier alpha value is -1.56. The van der Waals surface area contributed by atoms with E-state index >= 15 is 0 Å². The number of nitrogens with zero attached hydrogens (tertiary/aromatic N) is 2. The first kappa shape index (κ1) is 11.9. The summed E-state index contributed by atoms with van der Waals surface area (Å²) in [6, 6.07) is 0.401. The molecule has 4 N–H and O–H groups in total. The minimum Gasteiger partial charge on any atom is -0.396 e. The Morgan fingerprint density at radius 3 is 2.94 bits per heavy atom. The quantitative estimate of drug-likeness (QED) is 0.676. The molecular weight excluding hydrogens is 220 g/mol. The summed E-state index contributed by atoms with van der Waals surface area (Å²) in [5.74, 6) is 0.548. The average molecular weight is 238 g/mol. The van der Waals surface area contributed by atoms with Crippen molar-refractivity contribution in [3.05, 3.63) is 16.7 Å². The number of hydrogen-bond donors (Lipinski definition) is 3. The molecule has 0 aliphatic heterocycles. The standard InChI is InChI=1S/C11H18N4O2/c12-9-10(13-7-14-11(9)17)15(5-2-6-16)8-3-1-4-8/h7-8,16H,1-6,12H2,(H,13,14,17). The lowest BCUT2D eigenvalue weighted by Gasteiger charge is -2.38. The number of aliphatic hydroxyl groups is 1. The molecule has 1 fully saturated rings. The molecule has 0 atom stereocenters. The minimum atomic E-state index is -0.302. The second kappa shape index (κ2) is 5.18. The number of hydrogen-bond acceptors (Lipinski definition) is 5. The molecule has 1 aromatic rings. The van der Waals surface area contributed by atoms with Gasteiger partial charge in [-0.25, -0.2) is 4.98 Å². The number of nitrogen functional groups attached to an aromatic ring is 1. The first-order valence-electron chi connectivity index (χ1n) is 5.94. The number of anilines is 2. The maximum Gasteiger partial charge on any atom is 0.276 e. The lowest BCUT2D eigenvalue weighted by molar-refractivity contribution is 0.282. The van der Waals surface area contributed by atoms with Crippen LogP contribution in [0.1, 0.15) is 25.7 Å². The van der Waals surface area contributed by atoms with E-state index in [0.717, 1.165) is 12.8 Å². The molecule has 1 aliphatic rings. The SMILES string of the molecule is Nc1c(N(CCCO)C2CCC2)nc[nH]c1=O. The van der Waals surface area contributed by atoms with Crippen LogP contribution in [0.2, 0.25) is 0 Å². The van der Waals surface area contributed by atoms with Crippen LogP contribution in [0, 0.1) is 0 Å². The third-order valence-electron chi connectivity index (χ3n) is 3.21. The van der Waals surface area contributed by atoms with Gasteiger partial charge >= 0.3 is 0 Å². The topological polar surface area (TPSA) is 95.2 Å². The van der Waals surface area contributed by atoms with Gasteiger partial charge in [-0.05, 0) is 25.7 Å². The van der Waals surface area contributed by atoms with Crippen LogP contribution in [0.25, 0.3) is 0 Å². The Bertz CT molecular complexity index is 428. The summed E-state index contributed by atoms with van der Waals surface area (Å²) in [5.41, 5.74) is 5.62. The Kier molecular flexibility index (Phi) is 3.63. The van der Waals surface area contributed by atoms with Gasteiger partial charge in [0.1, 0.15) is 5.69 Å². The summed E-state index contributed by atoms with van der Waals surface area (Å²) in [7, 11) is 0. The molecule has 2 rings (SSSR count). The predicted molar refractivity (Wildman–Crippen MR) is 66.0 cm³/mol. The molecule has 94 valence electrons. The molecule has 0 amide bonds. The highest BCUT2D eigenvalue weighted by Gasteiger charge is 2.27. The summed E-state index contributed by atoms with van der Waals surface area (Å²) in [6.45, 7) is 0.814. The van der Waals surface area contributed by atoms with Crippen molar-refractivity contribution in [2.45, 2.75) is 31.7 Å². The van der Waals surface area contributed by atoms with Gasteiger partial charge < -0.3 is 20.7 Å². The van der Waals surface area contributed by atoms with Gasteiger partial charge in [-0.1, -0.05) is 0 Å². The number of aliphatic hydroxyl groups excluding tert-OH is 1. The molecule has 6 nitrogen and oxygen atoms in total. The number of rotatable bonds is 5. The highest BCUT2D eigenvalue weighted by molar-refractivity contribution is 5.61. The Morgan fingerprint density at radius 2 is 2.35 bits per heavy atom. The highest BCUT2D eigenvalue weighted by atomic mass is 16.3. The van der Waals surface area contributed by atoms with Crippen LogP contribution in [0.5, 0.6) is 0 Å². The smallest absolute Gasteiger partial charge is 0.276 e. The molecule has 1 aliphatic carbocycles. The van der Waals surface area contributed by atoms with Crippen molar-refractivity contribution in [1.82, 2.24) is 9.97 Å². The van der Waals surface area contributed by atoms with Crippen LogP contribution < -0.4 is 16.2 Å². The van der Waals surface area contributed by atoms with Crippen molar-refractivity contribution in [3.8, 4) is 0 Å². The number of nitrogens with one attached hydrogen (secondary N) is 1. The summed E-state index contributed by atoms with van der Waals surface area (Å²) in [4.78, 5) is 20.1. The average Bonchev–Trinajstić information content (AvgIpc) is 2.26. The van der Waals surface area contributed by atoms with Gasteiger partial charge in [0.25, 0.3) is 5.56 Å². The maximum absolute atomic E-state index is 11.5. The number of aromatic amines is 1. The Morgan fingerprint density at radius 1 is 1.59 bits per heavy atom. The van der Waals surface area contributed by atoms with Crippen LogP contribution in [0.4, 0.5) is 11.5 Å². The van der Waals surface area contributed by atoms with E-state index in [-0.39, 0.29) is 17.9 Å². The molecule has 1 aromatic heterocycles. The van der Waals surface area contributed by atoms with E-state index in [2.05, 4.69) is 9.97 Å². The van der Waals surface area contributed by atoms with E-state index in [9.17, 15) is 4.79 Å². The third-order valence-corrected chi connectivity index (χ3v) is 3.21. The van der Waals surface area contributed by atoms with E-state index in [1.807, 2.05) is 4.90 Å². The minimum absolute atomic E-state index is 0.131. The second-order valence-corrected chi connectivity index (χ2v) is 4.32. The number of H-pyrrole nitrogens is 1. The van der Waals surface area contributed by atoms with Gasteiger partial charge in [0, 0.05) is 19.2 Å². The van der Waals surface area contributed by atoms with E-state index in [4.69, 9.17) is 10.8 Å². The lowest BCUT2D eigenvalue weighted by Crippen LogP contribution is -2.42. The molecule has 0 unspecified atom stereocenters. The normalized spacial score (nSPS) is 15.6. The van der Waals surface area contributed by atoms with Crippen LogP contribution in [-0.4, -0.2) is 34.3 Å². The molecule has 0 radical (unpaired) electrons. The fraction of sp³-hybridized carbons (Fsp3) is 0.636.